The smallest absolute Gasteiger partial charge is 0.319 e. The second-order valence-corrected chi connectivity index (χ2v) is 6.84. The van der Waals surface area contributed by atoms with Gasteiger partial charge in [0.05, 0.1) is 16.9 Å². The normalized spacial score (nSPS) is 16.3. The first-order valence-electron chi connectivity index (χ1n) is 9.11. The van der Waals surface area contributed by atoms with E-state index in [1.54, 1.807) is 0 Å². The number of rotatable bonds is 5. The lowest BCUT2D eigenvalue weighted by molar-refractivity contribution is 0.238. The lowest BCUT2D eigenvalue weighted by Crippen LogP contribution is -2.45. The highest BCUT2D eigenvalue weighted by atomic mass is 16.2. The van der Waals surface area contributed by atoms with E-state index in [0.29, 0.717) is 0 Å². The second kappa shape index (κ2) is 7.60. The molecule has 1 fully saturated rings. The zero-order valence-electron chi connectivity index (χ0n) is 15.1. The summed E-state index contributed by atoms with van der Waals surface area (Å²) in [5, 5.41) is 6.21. The highest BCUT2D eigenvalue weighted by molar-refractivity contribution is 5.93. The fourth-order valence-corrected chi connectivity index (χ4v) is 3.39. The molecule has 4 nitrogen and oxygen atoms in total. The van der Waals surface area contributed by atoms with Gasteiger partial charge in [-0.1, -0.05) is 49.4 Å². The number of benzene rings is 2. The van der Waals surface area contributed by atoms with E-state index in [0.717, 1.165) is 36.4 Å². The predicted molar refractivity (Wildman–Crippen MR) is 104 cm³/mol. The van der Waals surface area contributed by atoms with Crippen LogP contribution in [0.4, 0.5) is 16.2 Å². The quantitative estimate of drug-likeness (QED) is 0.828. The molecule has 2 N–H and O–H groups in total. The first-order chi connectivity index (χ1) is 12.1. The van der Waals surface area contributed by atoms with E-state index in [4.69, 9.17) is 0 Å². The molecule has 1 atom stereocenters. The van der Waals surface area contributed by atoms with Gasteiger partial charge in [0, 0.05) is 13.1 Å². The largest absolute Gasteiger partial charge is 0.370 e. The molecule has 4 heteroatoms. The van der Waals surface area contributed by atoms with E-state index < -0.39 is 5.54 Å². The molecule has 2 aromatic rings. The number of carbonyl (C=O) groups excluding carboxylic acids is 1. The molecule has 132 valence electrons. The first-order valence-corrected chi connectivity index (χ1v) is 9.11. The molecule has 0 radical (unpaired) electrons. The monoisotopic (exact) mass is 337 g/mol. The zero-order valence-corrected chi connectivity index (χ0v) is 15.1. The molecule has 0 aliphatic carbocycles. The summed E-state index contributed by atoms with van der Waals surface area (Å²) in [6.45, 7) is 6.26. The van der Waals surface area contributed by atoms with E-state index in [-0.39, 0.29) is 6.03 Å². The molecule has 1 aliphatic rings. The molecule has 0 saturated carbocycles. The summed E-state index contributed by atoms with van der Waals surface area (Å²) in [5.41, 5.74) is 2.69. The van der Waals surface area contributed by atoms with Crippen LogP contribution in [0.15, 0.2) is 54.6 Å². The van der Waals surface area contributed by atoms with Crippen LogP contribution in [0, 0.1) is 0 Å². The Morgan fingerprint density at radius 3 is 2.36 bits per heavy atom. The number of carbonyl (C=O) groups is 1. The van der Waals surface area contributed by atoms with Crippen LogP contribution >= 0.6 is 0 Å². The van der Waals surface area contributed by atoms with Crippen LogP contribution in [0.5, 0.6) is 0 Å². The molecule has 0 spiro atoms. The van der Waals surface area contributed by atoms with Gasteiger partial charge in [0.15, 0.2) is 0 Å². The Balaban J connectivity index is 1.74. The van der Waals surface area contributed by atoms with E-state index in [9.17, 15) is 4.79 Å². The fraction of sp³-hybridized carbons (Fsp3) is 0.381. The van der Waals surface area contributed by atoms with Gasteiger partial charge in [0.25, 0.3) is 0 Å². The van der Waals surface area contributed by atoms with Crippen molar-refractivity contribution < 1.29 is 4.79 Å². The minimum atomic E-state index is -0.395. The topological polar surface area (TPSA) is 44.4 Å². The Labute approximate surface area is 150 Å². The molecule has 0 aromatic heterocycles. The van der Waals surface area contributed by atoms with Crippen LogP contribution < -0.4 is 15.5 Å². The van der Waals surface area contributed by atoms with Crippen LogP contribution in [0.3, 0.4) is 0 Å². The Morgan fingerprint density at radius 2 is 1.68 bits per heavy atom. The Morgan fingerprint density at radius 1 is 1.04 bits per heavy atom. The van der Waals surface area contributed by atoms with Gasteiger partial charge in [-0.15, -0.1) is 0 Å². The van der Waals surface area contributed by atoms with Gasteiger partial charge in [0.2, 0.25) is 0 Å². The number of nitrogens with one attached hydrogen (secondary N) is 2. The third kappa shape index (κ3) is 3.95. The predicted octanol–water partition coefficient (Wildman–Crippen LogP) is 4.73. The standard InChI is InChI=1S/C21H27N3O/c1-3-21(2,17-11-5-4-6-12-17)23-20(25)22-18-13-7-8-14-19(18)24-15-9-10-16-24/h4-8,11-14H,3,9-10,15-16H2,1-2H3,(H2,22,23,25). The minimum Gasteiger partial charge on any atom is -0.370 e. The fourth-order valence-electron chi connectivity index (χ4n) is 3.39. The third-order valence-electron chi connectivity index (χ3n) is 5.11. The molecule has 1 unspecified atom stereocenters. The van der Waals surface area contributed by atoms with Crippen molar-refractivity contribution in [2.45, 2.75) is 38.6 Å². The van der Waals surface area contributed by atoms with Crippen molar-refractivity contribution in [3.05, 3.63) is 60.2 Å². The van der Waals surface area contributed by atoms with Crippen molar-refractivity contribution in [3.8, 4) is 0 Å². The van der Waals surface area contributed by atoms with Crippen LogP contribution in [-0.2, 0) is 5.54 Å². The molecule has 1 aliphatic heterocycles. The summed E-state index contributed by atoms with van der Waals surface area (Å²) in [6, 6.07) is 18.0. The van der Waals surface area contributed by atoms with Crippen molar-refractivity contribution in [3.63, 3.8) is 0 Å². The average molecular weight is 337 g/mol. The highest BCUT2D eigenvalue weighted by Gasteiger charge is 2.27. The Hall–Kier alpha value is -2.49. The summed E-state index contributed by atoms with van der Waals surface area (Å²) in [5.74, 6) is 0. The van der Waals surface area contributed by atoms with Crippen molar-refractivity contribution in [2.75, 3.05) is 23.3 Å². The van der Waals surface area contributed by atoms with Gasteiger partial charge in [-0.2, -0.15) is 0 Å². The van der Waals surface area contributed by atoms with Crippen molar-refractivity contribution in [1.82, 2.24) is 5.32 Å². The van der Waals surface area contributed by atoms with E-state index in [1.165, 1.54) is 12.8 Å². The Bertz CT molecular complexity index is 710. The molecular formula is C21H27N3O. The maximum atomic E-state index is 12.7. The van der Waals surface area contributed by atoms with Gasteiger partial charge in [-0.05, 0) is 43.9 Å². The molecule has 2 aromatic carbocycles. The number of para-hydroxylation sites is 2. The number of amides is 2. The van der Waals surface area contributed by atoms with E-state index in [1.807, 2.05) is 36.4 Å². The summed E-state index contributed by atoms with van der Waals surface area (Å²) in [6.07, 6.45) is 3.24. The number of anilines is 2. The van der Waals surface area contributed by atoms with Gasteiger partial charge in [-0.25, -0.2) is 4.79 Å². The van der Waals surface area contributed by atoms with Gasteiger partial charge in [0.1, 0.15) is 0 Å². The van der Waals surface area contributed by atoms with Crippen molar-refractivity contribution in [1.29, 1.82) is 0 Å². The lowest BCUT2D eigenvalue weighted by Gasteiger charge is -2.31. The molecule has 1 heterocycles. The zero-order chi connectivity index (χ0) is 17.7. The summed E-state index contributed by atoms with van der Waals surface area (Å²) in [4.78, 5) is 15.0. The third-order valence-corrected chi connectivity index (χ3v) is 5.11. The van der Waals surface area contributed by atoms with Crippen LogP contribution in [0.25, 0.3) is 0 Å². The summed E-state index contributed by atoms with van der Waals surface area (Å²) >= 11 is 0. The first kappa shape index (κ1) is 17.3. The van der Waals surface area contributed by atoms with E-state index >= 15 is 0 Å². The second-order valence-electron chi connectivity index (χ2n) is 6.84. The van der Waals surface area contributed by atoms with Gasteiger partial charge in [-0.3, -0.25) is 0 Å². The van der Waals surface area contributed by atoms with Crippen molar-refractivity contribution in [2.24, 2.45) is 0 Å². The molecular weight excluding hydrogens is 310 g/mol. The molecule has 2 amide bonds. The molecule has 1 saturated heterocycles. The van der Waals surface area contributed by atoms with Crippen LogP contribution in [0.2, 0.25) is 0 Å². The number of urea groups is 1. The molecule has 25 heavy (non-hydrogen) atoms. The van der Waals surface area contributed by atoms with Crippen LogP contribution in [-0.4, -0.2) is 19.1 Å². The van der Waals surface area contributed by atoms with Crippen LogP contribution in [0.1, 0.15) is 38.7 Å². The maximum Gasteiger partial charge on any atom is 0.319 e. The summed E-state index contributed by atoms with van der Waals surface area (Å²) < 4.78 is 0. The number of nitrogens with zero attached hydrogens (tertiary/aromatic N) is 1. The number of hydrogen-bond acceptors (Lipinski definition) is 2. The molecule has 3 rings (SSSR count). The SMILES string of the molecule is CCC(C)(NC(=O)Nc1ccccc1N1CCCC1)c1ccccc1. The van der Waals surface area contributed by atoms with Gasteiger partial charge >= 0.3 is 6.03 Å². The average Bonchev–Trinajstić information content (AvgIpc) is 3.17. The van der Waals surface area contributed by atoms with Crippen molar-refractivity contribution >= 4 is 17.4 Å². The Kier molecular flexibility index (Phi) is 5.27. The maximum absolute atomic E-state index is 12.7. The molecule has 0 bridgehead atoms. The highest BCUT2D eigenvalue weighted by Crippen LogP contribution is 2.29. The summed E-state index contributed by atoms with van der Waals surface area (Å²) in [7, 11) is 0. The number of hydrogen-bond donors (Lipinski definition) is 2. The van der Waals surface area contributed by atoms with Gasteiger partial charge < -0.3 is 15.5 Å². The minimum absolute atomic E-state index is 0.167. The lowest BCUT2D eigenvalue weighted by atomic mass is 9.89. The van der Waals surface area contributed by atoms with E-state index in [2.05, 4.69) is 47.6 Å².